The molecule has 0 aliphatic rings. The number of carbonyl (C=O) groups excluding carboxylic acids is 2. The third-order valence-corrected chi connectivity index (χ3v) is 1.45. The van der Waals surface area contributed by atoms with E-state index >= 15 is 0 Å². The zero-order valence-electron chi connectivity index (χ0n) is 6.40. The summed E-state index contributed by atoms with van der Waals surface area (Å²) >= 11 is 0. The Morgan fingerprint density at radius 2 is 2.00 bits per heavy atom. The standard InChI is InChI=1S/C9H8O3/c10-6-5-8-3-1-2-4-9(8)12-7-11/h1-4,6-7H,5H2. The van der Waals surface area contributed by atoms with Crippen LogP contribution in [-0.2, 0) is 16.0 Å². The largest absolute Gasteiger partial charge is 0.428 e. The molecule has 0 aromatic heterocycles. The lowest BCUT2D eigenvalue weighted by molar-refractivity contribution is -0.120. The van der Waals surface area contributed by atoms with Gasteiger partial charge in [-0.3, -0.25) is 4.79 Å². The van der Waals surface area contributed by atoms with E-state index in [9.17, 15) is 9.59 Å². The van der Waals surface area contributed by atoms with Crippen LogP contribution in [0, 0.1) is 0 Å². The van der Waals surface area contributed by atoms with Crippen LogP contribution in [0.5, 0.6) is 5.75 Å². The van der Waals surface area contributed by atoms with Crippen molar-refractivity contribution in [2.24, 2.45) is 0 Å². The first-order valence-electron chi connectivity index (χ1n) is 3.50. The number of hydrogen-bond donors (Lipinski definition) is 0. The molecule has 0 bridgehead atoms. The molecule has 1 aromatic carbocycles. The van der Waals surface area contributed by atoms with Gasteiger partial charge in [0.05, 0.1) is 0 Å². The lowest BCUT2D eigenvalue weighted by Crippen LogP contribution is -1.94. The van der Waals surface area contributed by atoms with Gasteiger partial charge in [0.2, 0.25) is 0 Å². The predicted octanol–water partition coefficient (Wildman–Crippen LogP) is 0.963. The van der Waals surface area contributed by atoms with Crippen molar-refractivity contribution in [1.82, 2.24) is 0 Å². The number of aldehydes is 1. The van der Waals surface area contributed by atoms with Crippen LogP contribution in [0.3, 0.4) is 0 Å². The van der Waals surface area contributed by atoms with Gasteiger partial charge in [-0.2, -0.15) is 0 Å². The van der Waals surface area contributed by atoms with Crippen molar-refractivity contribution in [3.63, 3.8) is 0 Å². The fourth-order valence-corrected chi connectivity index (χ4v) is 0.929. The maximum absolute atomic E-state index is 10.2. The van der Waals surface area contributed by atoms with Crippen LogP contribution < -0.4 is 4.74 Å². The lowest BCUT2D eigenvalue weighted by atomic mass is 10.1. The molecular formula is C9H8O3. The number of carbonyl (C=O) groups is 2. The van der Waals surface area contributed by atoms with Crippen molar-refractivity contribution in [2.75, 3.05) is 0 Å². The van der Waals surface area contributed by atoms with Crippen molar-refractivity contribution in [3.05, 3.63) is 29.8 Å². The van der Waals surface area contributed by atoms with Crippen molar-refractivity contribution in [2.45, 2.75) is 6.42 Å². The van der Waals surface area contributed by atoms with Crippen molar-refractivity contribution in [3.8, 4) is 5.75 Å². The minimum atomic E-state index is 0.268. The molecule has 1 rings (SSSR count). The summed E-state index contributed by atoms with van der Waals surface area (Å²) in [6.07, 6.45) is 1.04. The normalized spacial score (nSPS) is 9.00. The number of benzene rings is 1. The highest BCUT2D eigenvalue weighted by molar-refractivity contribution is 5.59. The molecule has 0 saturated carbocycles. The molecule has 12 heavy (non-hydrogen) atoms. The van der Waals surface area contributed by atoms with Gasteiger partial charge in [0.25, 0.3) is 6.47 Å². The molecule has 0 spiro atoms. The van der Waals surface area contributed by atoms with Gasteiger partial charge in [-0.05, 0) is 6.07 Å². The predicted molar refractivity (Wildman–Crippen MR) is 42.9 cm³/mol. The Morgan fingerprint density at radius 3 is 2.67 bits per heavy atom. The minimum absolute atomic E-state index is 0.268. The summed E-state index contributed by atoms with van der Waals surface area (Å²) in [5.41, 5.74) is 0.722. The molecule has 0 heterocycles. The van der Waals surface area contributed by atoms with Gasteiger partial charge in [-0.1, -0.05) is 18.2 Å². The number of hydrogen-bond acceptors (Lipinski definition) is 3. The summed E-state index contributed by atoms with van der Waals surface area (Å²) in [5, 5.41) is 0. The fourth-order valence-electron chi connectivity index (χ4n) is 0.929. The van der Waals surface area contributed by atoms with E-state index in [2.05, 4.69) is 4.74 Å². The molecule has 0 saturated heterocycles. The van der Waals surface area contributed by atoms with E-state index in [4.69, 9.17) is 0 Å². The Morgan fingerprint density at radius 1 is 1.25 bits per heavy atom. The Bertz CT molecular complexity index is 252. The van der Waals surface area contributed by atoms with Crippen LogP contribution in [0.15, 0.2) is 24.3 Å². The Balaban J connectivity index is 2.90. The van der Waals surface area contributed by atoms with E-state index in [1.165, 1.54) is 0 Å². The van der Waals surface area contributed by atoms with Crippen LogP contribution in [0.25, 0.3) is 0 Å². The Hall–Kier alpha value is -1.64. The second kappa shape index (κ2) is 4.28. The molecule has 0 amide bonds. The average Bonchev–Trinajstić information content (AvgIpc) is 2.09. The number of para-hydroxylation sites is 1. The highest BCUT2D eigenvalue weighted by Gasteiger charge is 2.00. The first-order valence-corrected chi connectivity index (χ1v) is 3.50. The van der Waals surface area contributed by atoms with Gasteiger partial charge >= 0.3 is 0 Å². The topological polar surface area (TPSA) is 43.4 Å². The Labute approximate surface area is 70.0 Å². The quantitative estimate of drug-likeness (QED) is 0.622. The second-order valence-electron chi connectivity index (χ2n) is 2.19. The summed E-state index contributed by atoms with van der Waals surface area (Å²) in [4.78, 5) is 20.2. The van der Waals surface area contributed by atoms with Crippen molar-refractivity contribution >= 4 is 12.8 Å². The Kier molecular flexibility index (Phi) is 3.02. The molecule has 0 N–H and O–H groups in total. The fraction of sp³-hybridized carbons (Fsp3) is 0.111. The van der Waals surface area contributed by atoms with Gasteiger partial charge < -0.3 is 9.53 Å². The van der Waals surface area contributed by atoms with E-state index in [-0.39, 0.29) is 6.42 Å². The summed E-state index contributed by atoms with van der Waals surface area (Å²) in [7, 11) is 0. The highest BCUT2D eigenvalue weighted by Crippen LogP contribution is 2.16. The van der Waals surface area contributed by atoms with Crippen LogP contribution >= 0.6 is 0 Å². The van der Waals surface area contributed by atoms with Gasteiger partial charge in [0.15, 0.2) is 0 Å². The molecule has 3 nitrogen and oxygen atoms in total. The summed E-state index contributed by atoms with van der Waals surface area (Å²) < 4.78 is 4.65. The summed E-state index contributed by atoms with van der Waals surface area (Å²) in [5.74, 6) is 0.444. The van der Waals surface area contributed by atoms with Gasteiger partial charge in [-0.25, -0.2) is 0 Å². The van der Waals surface area contributed by atoms with E-state index < -0.39 is 0 Å². The average molecular weight is 164 g/mol. The van der Waals surface area contributed by atoms with Crippen molar-refractivity contribution in [1.29, 1.82) is 0 Å². The summed E-state index contributed by atoms with van der Waals surface area (Å²) in [6, 6.07) is 6.92. The van der Waals surface area contributed by atoms with Crippen LogP contribution in [0.2, 0.25) is 0 Å². The van der Waals surface area contributed by atoms with Crippen LogP contribution in [0.1, 0.15) is 5.56 Å². The molecular weight excluding hydrogens is 156 g/mol. The molecule has 0 radical (unpaired) electrons. The zero-order valence-corrected chi connectivity index (χ0v) is 6.40. The highest BCUT2D eigenvalue weighted by atomic mass is 16.5. The molecule has 0 aliphatic carbocycles. The SMILES string of the molecule is O=CCc1ccccc1OC=O. The molecule has 0 atom stereocenters. The molecule has 0 aliphatic heterocycles. The summed E-state index contributed by atoms with van der Waals surface area (Å²) in [6.45, 7) is 0.351. The molecule has 0 unspecified atom stereocenters. The van der Waals surface area contributed by atoms with E-state index in [1.807, 2.05) is 0 Å². The third-order valence-electron chi connectivity index (χ3n) is 1.45. The van der Waals surface area contributed by atoms with Crippen LogP contribution in [-0.4, -0.2) is 12.8 Å². The second-order valence-corrected chi connectivity index (χ2v) is 2.19. The monoisotopic (exact) mass is 164 g/mol. The minimum Gasteiger partial charge on any atom is -0.428 e. The molecule has 62 valence electrons. The van der Waals surface area contributed by atoms with E-state index in [0.717, 1.165) is 11.8 Å². The third kappa shape index (κ3) is 1.92. The number of ether oxygens (including phenoxy) is 1. The maximum atomic E-state index is 10.2. The smallest absolute Gasteiger partial charge is 0.298 e. The van der Waals surface area contributed by atoms with Gasteiger partial charge in [0, 0.05) is 12.0 Å². The molecule has 1 aromatic rings. The lowest BCUT2D eigenvalue weighted by Gasteiger charge is -2.02. The van der Waals surface area contributed by atoms with Gasteiger partial charge in [0.1, 0.15) is 12.0 Å². The molecule has 3 heteroatoms. The van der Waals surface area contributed by atoms with Crippen molar-refractivity contribution < 1.29 is 14.3 Å². The maximum Gasteiger partial charge on any atom is 0.298 e. The van der Waals surface area contributed by atoms with Gasteiger partial charge in [-0.15, -0.1) is 0 Å². The van der Waals surface area contributed by atoms with E-state index in [0.29, 0.717) is 12.2 Å². The number of rotatable bonds is 4. The molecule has 0 fully saturated rings. The van der Waals surface area contributed by atoms with E-state index in [1.54, 1.807) is 24.3 Å². The first-order chi connectivity index (χ1) is 5.88. The van der Waals surface area contributed by atoms with Crippen LogP contribution in [0.4, 0.5) is 0 Å². The zero-order chi connectivity index (χ0) is 8.81. The first kappa shape index (κ1) is 8.46.